The molecule has 0 atom stereocenters. The van der Waals surface area contributed by atoms with Crippen LogP contribution >= 0.6 is 0 Å². The number of nitrogens with zero attached hydrogens (tertiary/aromatic N) is 3. The van der Waals surface area contributed by atoms with Crippen LogP contribution in [0.15, 0.2) is 30.5 Å². The number of hydrogen-bond donors (Lipinski definition) is 1. The van der Waals surface area contributed by atoms with Crippen LogP contribution < -0.4 is 5.73 Å². The minimum atomic E-state index is 0.844. The highest BCUT2D eigenvalue weighted by molar-refractivity contribution is 5.83. The molecule has 1 fully saturated rings. The quantitative estimate of drug-likeness (QED) is 0.863. The fourth-order valence-electron chi connectivity index (χ4n) is 2.93. The maximum Gasteiger partial charge on any atom is 0.0500 e. The van der Waals surface area contributed by atoms with Crippen LogP contribution in [0.4, 0.5) is 5.69 Å². The van der Waals surface area contributed by atoms with Crippen LogP contribution in [0, 0.1) is 0 Å². The molecule has 0 bridgehead atoms. The Kier molecular flexibility index (Phi) is 3.94. The van der Waals surface area contributed by atoms with E-state index in [0.717, 1.165) is 12.2 Å². The molecular weight excluding hydrogens is 248 g/mol. The number of likely N-dealkylation sites (N-methyl/N-ethyl adjacent to an activating group) is 1. The fourth-order valence-corrected chi connectivity index (χ4v) is 2.93. The number of nitrogens with two attached hydrogens (primary N) is 1. The van der Waals surface area contributed by atoms with E-state index in [0.29, 0.717) is 0 Å². The smallest absolute Gasteiger partial charge is 0.0500 e. The third kappa shape index (κ3) is 2.97. The molecule has 1 saturated heterocycles. The first-order valence-corrected chi connectivity index (χ1v) is 7.48. The van der Waals surface area contributed by atoms with Gasteiger partial charge in [0.25, 0.3) is 0 Å². The summed E-state index contributed by atoms with van der Waals surface area (Å²) in [6, 6.07) is 8.31. The van der Waals surface area contributed by atoms with Gasteiger partial charge in [-0.1, -0.05) is 6.07 Å². The van der Waals surface area contributed by atoms with E-state index in [2.05, 4.69) is 45.8 Å². The monoisotopic (exact) mass is 272 g/mol. The predicted molar refractivity (Wildman–Crippen MR) is 84.9 cm³/mol. The molecule has 1 aromatic heterocycles. The number of aromatic nitrogens is 1. The lowest BCUT2D eigenvalue weighted by molar-refractivity contribution is 0.151. The zero-order chi connectivity index (χ0) is 13.9. The van der Waals surface area contributed by atoms with Crippen LogP contribution in [-0.4, -0.2) is 54.1 Å². The lowest BCUT2D eigenvalue weighted by atomic mass is 10.2. The number of aryl methyl sites for hydroxylation is 1. The van der Waals surface area contributed by atoms with E-state index in [4.69, 9.17) is 5.73 Å². The number of anilines is 1. The first-order valence-electron chi connectivity index (χ1n) is 7.48. The summed E-state index contributed by atoms with van der Waals surface area (Å²) in [6.45, 7) is 7.06. The van der Waals surface area contributed by atoms with Gasteiger partial charge in [0.15, 0.2) is 0 Å². The van der Waals surface area contributed by atoms with Gasteiger partial charge < -0.3 is 20.1 Å². The number of fused-ring (bicyclic) bond motifs is 1. The van der Waals surface area contributed by atoms with E-state index < -0.39 is 0 Å². The summed E-state index contributed by atoms with van der Waals surface area (Å²) < 4.78 is 2.32. The van der Waals surface area contributed by atoms with Crippen molar-refractivity contribution in [1.29, 1.82) is 0 Å². The molecule has 4 heteroatoms. The Hall–Kier alpha value is -1.52. The Labute approximate surface area is 120 Å². The fraction of sp³-hybridized carbons (Fsp3) is 0.500. The summed E-state index contributed by atoms with van der Waals surface area (Å²) in [5.41, 5.74) is 7.98. The van der Waals surface area contributed by atoms with Gasteiger partial charge in [0.2, 0.25) is 0 Å². The van der Waals surface area contributed by atoms with Crippen molar-refractivity contribution in [2.24, 2.45) is 0 Å². The van der Waals surface area contributed by atoms with Gasteiger partial charge in [-0.05, 0) is 43.6 Å². The third-order valence-corrected chi connectivity index (χ3v) is 4.27. The van der Waals surface area contributed by atoms with E-state index in [1.807, 2.05) is 6.07 Å². The molecular formula is C16H24N4. The van der Waals surface area contributed by atoms with E-state index in [-0.39, 0.29) is 0 Å². The Bertz CT molecular complexity index is 567. The summed E-state index contributed by atoms with van der Waals surface area (Å²) in [6.07, 6.45) is 3.37. The maximum absolute atomic E-state index is 5.88. The van der Waals surface area contributed by atoms with Crippen molar-refractivity contribution >= 4 is 16.6 Å². The van der Waals surface area contributed by atoms with Crippen LogP contribution in [0.3, 0.4) is 0 Å². The first-order chi connectivity index (χ1) is 9.72. The second kappa shape index (κ2) is 5.85. The van der Waals surface area contributed by atoms with Gasteiger partial charge in [0.1, 0.15) is 0 Å². The van der Waals surface area contributed by atoms with E-state index in [1.165, 1.54) is 50.0 Å². The van der Waals surface area contributed by atoms with Crippen molar-refractivity contribution in [2.45, 2.75) is 13.0 Å². The summed E-state index contributed by atoms with van der Waals surface area (Å²) in [4.78, 5) is 4.97. The van der Waals surface area contributed by atoms with Gasteiger partial charge in [-0.15, -0.1) is 0 Å². The molecule has 4 nitrogen and oxygen atoms in total. The number of nitrogen functional groups attached to an aromatic ring is 1. The second-order valence-corrected chi connectivity index (χ2v) is 5.83. The average Bonchev–Trinajstić information content (AvgIpc) is 2.84. The van der Waals surface area contributed by atoms with Gasteiger partial charge in [-0.2, -0.15) is 0 Å². The normalized spacial score (nSPS) is 17.9. The predicted octanol–water partition coefficient (Wildman–Crippen LogP) is 1.86. The van der Waals surface area contributed by atoms with Crippen LogP contribution in [0.2, 0.25) is 0 Å². The van der Waals surface area contributed by atoms with Crippen molar-refractivity contribution < 1.29 is 0 Å². The number of hydrogen-bond acceptors (Lipinski definition) is 3. The Balaban J connectivity index is 1.56. The van der Waals surface area contributed by atoms with Crippen molar-refractivity contribution in [3.8, 4) is 0 Å². The van der Waals surface area contributed by atoms with Gasteiger partial charge >= 0.3 is 0 Å². The third-order valence-electron chi connectivity index (χ3n) is 4.27. The van der Waals surface area contributed by atoms with Gasteiger partial charge in [-0.3, -0.25) is 0 Å². The maximum atomic E-state index is 5.88. The van der Waals surface area contributed by atoms with E-state index in [1.54, 1.807) is 0 Å². The summed E-state index contributed by atoms with van der Waals surface area (Å²) in [7, 11) is 2.20. The molecule has 2 aromatic rings. The number of benzene rings is 1. The minimum Gasteiger partial charge on any atom is -0.399 e. The molecule has 0 aliphatic carbocycles. The summed E-state index contributed by atoms with van der Waals surface area (Å²) >= 11 is 0. The molecule has 0 saturated carbocycles. The zero-order valence-corrected chi connectivity index (χ0v) is 12.3. The van der Waals surface area contributed by atoms with Crippen LogP contribution in [0.1, 0.15) is 6.42 Å². The lowest BCUT2D eigenvalue weighted by Crippen LogP contribution is -2.44. The van der Waals surface area contributed by atoms with Crippen LogP contribution in [-0.2, 0) is 6.54 Å². The second-order valence-electron chi connectivity index (χ2n) is 5.83. The highest BCUT2D eigenvalue weighted by atomic mass is 15.2. The Morgan fingerprint density at radius 1 is 1.05 bits per heavy atom. The topological polar surface area (TPSA) is 37.4 Å². The van der Waals surface area contributed by atoms with Gasteiger partial charge in [-0.25, -0.2) is 0 Å². The molecule has 1 aliphatic heterocycles. The average molecular weight is 272 g/mol. The molecule has 3 rings (SSSR count). The van der Waals surface area contributed by atoms with Crippen molar-refractivity contribution in [2.75, 3.05) is 45.5 Å². The molecule has 2 N–H and O–H groups in total. The molecule has 0 unspecified atom stereocenters. The minimum absolute atomic E-state index is 0.844. The summed E-state index contributed by atoms with van der Waals surface area (Å²) in [5.74, 6) is 0. The molecule has 2 heterocycles. The van der Waals surface area contributed by atoms with E-state index in [9.17, 15) is 0 Å². The SMILES string of the molecule is CN1CCN(CCCn2ccc3ccc(N)cc32)CC1. The Morgan fingerprint density at radius 3 is 2.65 bits per heavy atom. The molecule has 108 valence electrons. The molecule has 1 aliphatic rings. The van der Waals surface area contributed by atoms with Crippen LogP contribution in [0.5, 0.6) is 0 Å². The van der Waals surface area contributed by atoms with E-state index >= 15 is 0 Å². The molecule has 1 aromatic carbocycles. The number of rotatable bonds is 4. The van der Waals surface area contributed by atoms with Crippen LogP contribution in [0.25, 0.3) is 10.9 Å². The first kappa shape index (κ1) is 13.5. The Morgan fingerprint density at radius 2 is 1.85 bits per heavy atom. The highest BCUT2D eigenvalue weighted by Gasteiger charge is 2.12. The van der Waals surface area contributed by atoms with Crippen molar-refractivity contribution in [3.63, 3.8) is 0 Å². The van der Waals surface area contributed by atoms with Crippen molar-refractivity contribution in [1.82, 2.24) is 14.4 Å². The largest absolute Gasteiger partial charge is 0.399 e. The molecule has 20 heavy (non-hydrogen) atoms. The molecule has 0 amide bonds. The number of piperazine rings is 1. The lowest BCUT2D eigenvalue weighted by Gasteiger charge is -2.32. The molecule has 0 spiro atoms. The zero-order valence-electron chi connectivity index (χ0n) is 12.3. The highest BCUT2D eigenvalue weighted by Crippen LogP contribution is 2.19. The van der Waals surface area contributed by atoms with Crippen molar-refractivity contribution in [3.05, 3.63) is 30.5 Å². The molecule has 0 radical (unpaired) electrons. The van der Waals surface area contributed by atoms with Gasteiger partial charge in [0.05, 0.1) is 5.52 Å². The summed E-state index contributed by atoms with van der Waals surface area (Å²) in [5, 5.41) is 1.28. The standard InChI is InChI=1S/C16H24N4/c1-18-9-11-19(12-10-18)6-2-7-20-8-5-14-3-4-15(17)13-16(14)20/h3-5,8,13H,2,6-7,9-12,17H2,1H3. The van der Waals surface area contributed by atoms with Gasteiger partial charge in [0, 0.05) is 44.6 Å².